The lowest BCUT2D eigenvalue weighted by molar-refractivity contribution is 0.0774. The van der Waals surface area contributed by atoms with E-state index < -0.39 is 0 Å². The standard InChI is InChI=1S/C22H31NO5.C14H16N2O3/c1-7-10-22(2,3)14-27-15-8-9-18(17(23)11-15)28-16-12-19(24-4)21(26-6)20(13-16)25-5;1-18-12-6-10-11(7-13(12)19-2)15-8-9-4-3-5-16(9)14(10)17/h8-9,11-13H,7,10,14,23H2,1-6H3;6-9H,3-5H2,1-2H3. The first kappa shape index (κ1) is 35.1. The number of carbonyl (C=O) groups is 1. The molecule has 3 aromatic rings. The average Bonchev–Trinajstić information content (AvgIpc) is 3.50. The summed E-state index contributed by atoms with van der Waals surface area (Å²) in [5.74, 6) is 4.46. The van der Waals surface area contributed by atoms with E-state index in [0.717, 1.165) is 38.0 Å². The van der Waals surface area contributed by atoms with Crippen molar-refractivity contribution in [1.29, 1.82) is 0 Å². The van der Waals surface area contributed by atoms with Crippen LogP contribution in [0.1, 0.15) is 56.8 Å². The maximum Gasteiger partial charge on any atom is 0.256 e. The summed E-state index contributed by atoms with van der Waals surface area (Å²) < 4.78 is 38.4. The van der Waals surface area contributed by atoms with Crippen molar-refractivity contribution in [3.8, 4) is 46.0 Å². The molecule has 0 saturated carbocycles. The number of benzene rings is 3. The van der Waals surface area contributed by atoms with Gasteiger partial charge in [0.2, 0.25) is 5.75 Å². The number of nitrogen functional groups attached to an aromatic ring is 1. The Morgan fingerprint density at radius 2 is 1.51 bits per heavy atom. The lowest BCUT2D eigenvalue weighted by Crippen LogP contribution is -2.35. The Morgan fingerprint density at radius 1 is 0.851 bits per heavy atom. The Labute approximate surface area is 277 Å². The van der Waals surface area contributed by atoms with E-state index in [1.807, 2.05) is 17.2 Å². The highest BCUT2D eigenvalue weighted by molar-refractivity contribution is 6.03. The zero-order valence-electron chi connectivity index (χ0n) is 28.7. The molecule has 2 aliphatic heterocycles. The first-order valence-corrected chi connectivity index (χ1v) is 15.7. The largest absolute Gasteiger partial charge is 0.493 e. The van der Waals surface area contributed by atoms with Gasteiger partial charge in [-0.1, -0.05) is 27.2 Å². The predicted molar refractivity (Wildman–Crippen MR) is 183 cm³/mol. The third-order valence-electron chi connectivity index (χ3n) is 8.08. The number of anilines is 1. The van der Waals surface area contributed by atoms with Gasteiger partial charge in [0, 0.05) is 37.0 Å². The molecule has 1 fully saturated rings. The maximum atomic E-state index is 12.5. The zero-order chi connectivity index (χ0) is 34.1. The number of hydrogen-bond donors (Lipinski definition) is 1. The van der Waals surface area contributed by atoms with E-state index in [9.17, 15) is 4.79 Å². The van der Waals surface area contributed by atoms with Crippen LogP contribution < -0.4 is 38.9 Å². The Bertz CT molecular complexity index is 1550. The number of ether oxygens (including phenoxy) is 7. The van der Waals surface area contributed by atoms with Crippen LogP contribution in [-0.2, 0) is 0 Å². The maximum absolute atomic E-state index is 12.5. The van der Waals surface area contributed by atoms with Gasteiger partial charge in [0.05, 0.1) is 65.1 Å². The van der Waals surface area contributed by atoms with Gasteiger partial charge < -0.3 is 43.8 Å². The van der Waals surface area contributed by atoms with E-state index in [2.05, 4.69) is 25.8 Å². The number of carbonyl (C=O) groups excluding carboxylic acids is 1. The fourth-order valence-corrected chi connectivity index (χ4v) is 5.65. The van der Waals surface area contributed by atoms with Crippen molar-refractivity contribution in [2.45, 2.75) is 52.5 Å². The molecule has 0 aromatic heterocycles. The van der Waals surface area contributed by atoms with Crippen molar-refractivity contribution in [1.82, 2.24) is 4.90 Å². The molecule has 47 heavy (non-hydrogen) atoms. The van der Waals surface area contributed by atoms with Gasteiger partial charge in [-0.15, -0.1) is 0 Å². The molecular formula is C36H47N3O8. The molecule has 0 spiro atoms. The Kier molecular flexibility index (Phi) is 11.7. The first-order valence-electron chi connectivity index (χ1n) is 15.7. The van der Waals surface area contributed by atoms with Crippen LogP contribution in [0, 0.1) is 5.41 Å². The predicted octanol–water partition coefficient (Wildman–Crippen LogP) is 7.32. The quantitative estimate of drug-likeness (QED) is 0.201. The third kappa shape index (κ3) is 8.33. The summed E-state index contributed by atoms with van der Waals surface area (Å²) >= 11 is 0. The van der Waals surface area contributed by atoms with Crippen LogP contribution in [0.15, 0.2) is 47.5 Å². The van der Waals surface area contributed by atoms with E-state index in [0.29, 0.717) is 63.8 Å². The van der Waals surface area contributed by atoms with Gasteiger partial charge in [0.25, 0.3) is 5.91 Å². The summed E-state index contributed by atoms with van der Waals surface area (Å²) in [5.41, 5.74) is 8.01. The van der Waals surface area contributed by atoms with Gasteiger partial charge in [0.15, 0.2) is 28.7 Å². The van der Waals surface area contributed by atoms with Crippen LogP contribution in [0.4, 0.5) is 11.4 Å². The van der Waals surface area contributed by atoms with Crippen molar-refractivity contribution >= 4 is 23.5 Å². The van der Waals surface area contributed by atoms with Crippen LogP contribution in [0.25, 0.3) is 0 Å². The van der Waals surface area contributed by atoms with Crippen molar-refractivity contribution in [3.63, 3.8) is 0 Å². The molecule has 254 valence electrons. The highest BCUT2D eigenvalue weighted by Crippen LogP contribution is 2.43. The zero-order valence-corrected chi connectivity index (χ0v) is 28.7. The van der Waals surface area contributed by atoms with E-state index in [1.165, 1.54) is 0 Å². The lowest BCUT2D eigenvalue weighted by Gasteiger charge is -2.24. The molecule has 2 N–H and O–H groups in total. The molecule has 11 heteroatoms. The van der Waals surface area contributed by atoms with Gasteiger partial charge in [-0.2, -0.15) is 0 Å². The third-order valence-corrected chi connectivity index (χ3v) is 8.08. The Hall–Kier alpha value is -4.80. The number of nitrogens with two attached hydrogens (primary N) is 1. The number of fused-ring (bicyclic) bond motifs is 2. The summed E-state index contributed by atoms with van der Waals surface area (Å²) in [5, 5.41) is 0. The van der Waals surface area contributed by atoms with E-state index in [-0.39, 0.29) is 17.4 Å². The van der Waals surface area contributed by atoms with Gasteiger partial charge >= 0.3 is 0 Å². The number of methoxy groups -OCH3 is 5. The van der Waals surface area contributed by atoms with E-state index in [1.54, 1.807) is 71.9 Å². The fourth-order valence-electron chi connectivity index (χ4n) is 5.65. The minimum absolute atomic E-state index is 0.0240. The first-order chi connectivity index (χ1) is 22.6. The van der Waals surface area contributed by atoms with Crippen molar-refractivity contribution in [2.75, 3.05) is 54.4 Å². The second-order valence-electron chi connectivity index (χ2n) is 12.1. The monoisotopic (exact) mass is 649 g/mol. The highest BCUT2D eigenvalue weighted by atomic mass is 16.5. The number of nitrogens with zero attached hydrogens (tertiary/aromatic N) is 2. The number of hydrogen-bond acceptors (Lipinski definition) is 10. The molecule has 1 unspecified atom stereocenters. The molecule has 0 radical (unpaired) electrons. The van der Waals surface area contributed by atoms with Crippen LogP contribution >= 0.6 is 0 Å². The molecule has 2 heterocycles. The van der Waals surface area contributed by atoms with E-state index >= 15 is 0 Å². The normalized spacial score (nSPS) is 15.0. The SMILES string of the molecule is CCCC(C)(C)COc1ccc(Oc2cc(OC)c(OC)c(OC)c2)c(N)c1.COc1cc2c(cc1OC)C(=O)N1CCCC1C=N2. The molecule has 2 aliphatic rings. The molecule has 1 atom stereocenters. The molecular weight excluding hydrogens is 602 g/mol. The van der Waals surface area contributed by atoms with Crippen molar-refractivity contribution in [3.05, 3.63) is 48.0 Å². The second-order valence-corrected chi connectivity index (χ2v) is 12.1. The molecule has 0 aliphatic carbocycles. The summed E-state index contributed by atoms with van der Waals surface area (Å²) in [6.07, 6.45) is 6.11. The summed E-state index contributed by atoms with van der Waals surface area (Å²) in [7, 11) is 7.81. The summed E-state index contributed by atoms with van der Waals surface area (Å²) in [6.45, 7) is 8.00. The summed E-state index contributed by atoms with van der Waals surface area (Å²) in [4.78, 5) is 18.9. The van der Waals surface area contributed by atoms with Crippen molar-refractivity contribution in [2.24, 2.45) is 10.4 Å². The molecule has 3 aromatic carbocycles. The minimum Gasteiger partial charge on any atom is -0.493 e. The second kappa shape index (κ2) is 15.7. The number of rotatable bonds is 12. The van der Waals surface area contributed by atoms with Gasteiger partial charge in [-0.05, 0) is 42.9 Å². The summed E-state index contributed by atoms with van der Waals surface area (Å²) in [6, 6.07) is 12.5. The topological polar surface area (TPSA) is 123 Å². The molecule has 5 rings (SSSR count). The molecule has 0 bridgehead atoms. The minimum atomic E-state index is 0.0240. The van der Waals surface area contributed by atoms with Gasteiger partial charge in [-0.3, -0.25) is 9.79 Å². The van der Waals surface area contributed by atoms with Crippen molar-refractivity contribution < 1.29 is 38.0 Å². The fraction of sp³-hybridized carbons (Fsp3) is 0.444. The Morgan fingerprint density at radius 3 is 2.11 bits per heavy atom. The van der Waals surface area contributed by atoms with Gasteiger partial charge in [0.1, 0.15) is 11.5 Å². The molecule has 11 nitrogen and oxygen atoms in total. The van der Waals surface area contributed by atoms with Crippen LogP contribution in [0.2, 0.25) is 0 Å². The lowest BCUT2D eigenvalue weighted by atomic mass is 9.89. The van der Waals surface area contributed by atoms with Crippen LogP contribution in [0.5, 0.6) is 46.0 Å². The average molecular weight is 650 g/mol. The van der Waals surface area contributed by atoms with E-state index in [4.69, 9.17) is 38.9 Å². The molecule has 1 saturated heterocycles. The van der Waals surface area contributed by atoms with Crippen LogP contribution in [0.3, 0.4) is 0 Å². The number of amides is 1. The highest BCUT2D eigenvalue weighted by Gasteiger charge is 2.32. The molecule has 1 amide bonds. The van der Waals surface area contributed by atoms with Gasteiger partial charge in [-0.25, -0.2) is 0 Å². The number of aliphatic imine (C=N–C) groups is 1. The van der Waals surface area contributed by atoms with Crippen LogP contribution in [-0.4, -0.2) is 71.8 Å². The Balaban J connectivity index is 0.000000228. The smallest absolute Gasteiger partial charge is 0.256 e.